The molecule has 0 saturated heterocycles. The van der Waals surface area contributed by atoms with Gasteiger partial charge in [0.15, 0.2) is 5.75 Å². The third-order valence-corrected chi connectivity index (χ3v) is 3.68. The van der Waals surface area contributed by atoms with E-state index in [1.54, 1.807) is 25.3 Å². The minimum atomic E-state index is 0.0392. The average molecular weight is 276 g/mol. The molecule has 0 spiro atoms. The van der Waals surface area contributed by atoms with Gasteiger partial charge in [0.1, 0.15) is 0 Å². The molecule has 2 N–H and O–H groups in total. The van der Waals surface area contributed by atoms with Crippen LogP contribution in [-0.2, 0) is 0 Å². The number of rotatable bonds is 6. The van der Waals surface area contributed by atoms with Crippen LogP contribution in [0, 0.1) is 5.92 Å². The van der Waals surface area contributed by atoms with Crippen LogP contribution in [0.3, 0.4) is 0 Å². The fraction of sp³-hybridized carbons (Fsp3) is 0.562. The van der Waals surface area contributed by atoms with Crippen molar-refractivity contribution in [2.45, 2.75) is 39.2 Å². The maximum Gasteiger partial charge on any atom is 0.257 e. The Balaban J connectivity index is 2.21. The quantitative estimate of drug-likeness (QED) is 0.813. The van der Waals surface area contributed by atoms with Crippen LogP contribution in [-0.4, -0.2) is 30.5 Å². The maximum atomic E-state index is 12.8. The van der Waals surface area contributed by atoms with E-state index in [1.165, 1.54) is 0 Å². The van der Waals surface area contributed by atoms with Crippen LogP contribution >= 0.6 is 0 Å². The zero-order chi connectivity index (χ0) is 14.7. The van der Waals surface area contributed by atoms with Crippen molar-refractivity contribution in [1.82, 2.24) is 4.90 Å². The van der Waals surface area contributed by atoms with E-state index in [9.17, 15) is 4.79 Å². The van der Waals surface area contributed by atoms with Gasteiger partial charge in [0.05, 0.1) is 18.4 Å². The number of para-hydroxylation sites is 1. The van der Waals surface area contributed by atoms with Crippen LogP contribution in [0.1, 0.15) is 43.5 Å². The van der Waals surface area contributed by atoms with E-state index < -0.39 is 0 Å². The lowest BCUT2D eigenvalue weighted by Crippen LogP contribution is -2.34. The fourth-order valence-electron chi connectivity index (χ4n) is 2.34. The van der Waals surface area contributed by atoms with Gasteiger partial charge in [-0.25, -0.2) is 0 Å². The number of ether oxygens (including phenoxy) is 1. The first kappa shape index (κ1) is 14.7. The number of nitrogens with two attached hydrogens (primary N) is 1. The Morgan fingerprint density at radius 1 is 1.45 bits per heavy atom. The van der Waals surface area contributed by atoms with Gasteiger partial charge in [-0.2, -0.15) is 0 Å². The summed E-state index contributed by atoms with van der Waals surface area (Å²) >= 11 is 0. The number of carbonyl (C=O) groups is 1. The Morgan fingerprint density at radius 2 is 2.15 bits per heavy atom. The lowest BCUT2D eigenvalue weighted by atomic mass is 10.1. The van der Waals surface area contributed by atoms with Crippen LogP contribution in [0.15, 0.2) is 18.2 Å². The molecule has 20 heavy (non-hydrogen) atoms. The molecule has 0 unspecified atom stereocenters. The summed E-state index contributed by atoms with van der Waals surface area (Å²) in [6.07, 6.45) is 3.23. The molecule has 4 nitrogen and oxygen atoms in total. The van der Waals surface area contributed by atoms with Crippen molar-refractivity contribution in [2.75, 3.05) is 19.4 Å². The average Bonchev–Trinajstić information content (AvgIpc) is 3.22. The lowest BCUT2D eigenvalue weighted by molar-refractivity contribution is 0.0732. The van der Waals surface area contributed by atoms with Crippen molar-refractivity contribution in [3.63, 3.8) is 0 Å². The second kappa shape index (κ2) is 6.16. The summed E-state index contributed by atoms with van der Waals surface area (Å²) < 4.78 is 5.30. The predicted molar refractivity (Wildman–Crippen MR) is 80.9 cm³/mol. The molecule has 1 aliphatic rings. The van der Waals surface area contributed by atoms with Crippen LogP contribution in [0.2, 0.25) is 0 Å². The maximum absolute atomic E-state index is 12.8. The Kier molecular flexibility index (Phi) is 4.53. The van der Waals surface area contributed by atoms with Gasteiger partial charge in [-0.15, -0.1) is 0 Å². The van der Waals surface area contributed by atoms with Crippen LogP contribution < -0.4 is 10.5 Å². The number of benzene rings is 1. The minimum absolute atomic E-state index is 0.0392. The third kappa shape index (κ3) is 3.24. The molecule has 0 heterocycles. The zero-order valence-electron chi connectivity index (χ0n) is 12.6. The first-order chi connectivity index (χ1) is 9.54. The van der Waals surface area contributed by atoms with Crippen molar-refractivity contribution in [1.29, 1.82) is 0 Å². The molecule has 110 valence electrons. The van der Waals surface area contributed by atoms with Gasteiger partial charge in [0, 0.05) is 12.6 Å². The van der Waals surface area contributed by atoms with Gasteiger partial charge >= 0.3 is 0 Å². The normalized spacial score (nSPS) is 14.4. The molecule has 2 rings (SSSR count). The third-order valence-electron chi connectivity index (χ3n) is 3.68. The van der Waals surface area contributed by atoms with Gasteiger partial charge < -0.3 is 15.4 Å². The molecule has 1 aliphatic carbocycles. The van der Waals surface area contributed by atoms with Crippen molar-refractivity contribution in [2.24, 2.45) is 5.92 Å². The standard InChI is InChI=1S/C16H24N2O2/c1-11(2)9-10-18(12-7-8-12)16(19)13-5-4-6-14(17)15(13)20-3/h4-6,11-12H,7-10,17H2,1-3H3. The molecular formula is C16H24N2O2. The topological polar surface area (TPSA) is 55.6 Å². The minimum Gasteiger partial charge on any atom is -0.494 e. The monoisotopic (exact) mass is 276 g/mol. The zero-order valence-corrected chi connectivity index (χ0v) is 12.6. The summed E-state index contributed by atoms with van der Waals surface area (Å²) in [4.78, 5) is 14.7. The van der Waals surface area contributed by atoms with E-state index in [4.69, 9.17) is 10.5 Å². The van der Waals surface area contributed by atoms with Crippen molar-refractivity contribution >= 4 is 11.6 Å². The first-order valence-electron chi connectivity index (χ1n) is 7.28. The molecule has 1 fully saturated rings. The van der Waals surface area contributed by atoms with E-state index >= 15 is 0 Å². The summed E-state index contributed by atoms with van der Waals surface area (Å²) in [6, 6.07) is 5.75. The van der Waals surface area contributed by atoms with Gasteiger partial charge in [0.2, 0.25) is 0 Å². The number of anilines is 1. The fourth-order valence-corrected chi connectivity index (χ4v) is 2.34. The second-order valence-electron chi connectivity index (χ2n) is 5.84. The highest BCUT2D eigenvalue weighted by Gasteiger charge is 2.34. The van der Waals surface area contributed by atoms with Gasteiger partial charge in [-0.3, -0.25) is 4.79 Å². The SMILES string of the molecule is COc1c(N)cccc1C(=O)N(CCC(C)C)C1CC1. The predicted octanol–water partition coefficient (Wildman–Crippen LogP) is 2.93. The molecule has 0 bridgehead atoms. The summed E-state index contributed by atoms with van der Waals surface area (Å²) in [7, 11) is 1.55. The molecule has 0 radical (unpaired) electrons. The van der Waals surface area contributed by atoms with Crippen LogP contribution in [0.5, 0.6) is 5.75 Å². The summed E-state index contributed by atoms with van der Waals surface area (Å²) in [6.45, 7) is 5.16. The molecule has 1 saturated carbocycles. The van der Waals surface area contributed by atoms with Crippen molar-refractivity contribution in [3.8, 4) is 5.75 Å². The van der Waals surface area contributed by atoms with E-state index in [-0.39, 0.29) is 5.91 Å². The lowest BCUT2D eigenvalue weighted by Gasteiger charge is -2.24. The Labute approximate surface area is 120 Å². The summed E-state index contributed by atoms with van der Waals surface area (Å²) in [5, 5.41) is 0. The molecule has 1 aromatic carbocycles. The number of nitrogens with zero attached hydrogens (tertiary/aromatic N) is 1. The molecule has 4 heteroatoms. The largest absolute Gasteiger partial charge is 0.494 e. The number of hydrogen-bond acceptors (Lipinski definition) is 3. The van der Waals surface area contributed by atoms with Crippen LogP contribution in [0.25, 0.3) is 0 Å². The summed E-state index contributed by atoms with van der Waals surface area (Å²) in [5.74, 6) is 1.12. The number of hydrogen-bond donors (Lipinski definition) is 1. The number of nitrogen functional groups attached to an aromatic ring is 1. The molecule has 1 amide bonds. The highest BCUT2D eigenvalue weighted by atomic mass is 16.5. The molecule has 1 aromatic rings. The number of amides is 1. The smallest absolute Gasteiger partial charge is 0.257 e. The van der Waals surface area contributed by atoms with Crippen molar-refractivity contribution < 1.29 is 9.53 Å². The molecular weight excluding hydrogens is 252 g/mol. The first-order valence-corrected chi connectivity index (χ1v) is 7.28. The molecule has 0 aliphatic heterocycles. The summed E-state index contributed by atoms with van der Waals surface area (Å²) in [5.41, 5.74) is 6.97. The highest BCUT2D eigenvalue weighted by molar-refractivity contribution is 5.99. The second-order valence-corrected chi connectivity index (χ2v) is 5.84. The van der Waals surface area contributed by atoms with Gasteiger partial charge in [-0.05, 0) is 37.3 Å². The van der Waals surface area contributed by atoms with E-state index in [0.29, 0.717) is 29.0 Å². The highest BCUT2D eigenvalue weighted by Crippen LogP contribution is 2.32. The van der Waals surface area contributed by atoms with Crippen molar-refractivity contribution in [3.05, 3.63) is 23.8 Å². The van der Waals surface area contributed by atoms with E-state index in [1.807, 2.05) is 4.90 Å². The van der Waals surface area contributed by atoms with Gasteiger partial charge in [0.25, 0.3) is 5.91 Å². The Hall–Kier alpha value is -1.71. The van der Waals surface area contributed by atoms with E-state index in [2.05, 4.69) is 13.8 Å². The Morgan fingerprint density at radius 3 is 2.70 bits per heavy atom. The van der Waals surface area contributed by atoms with E-state index in [0.717, 1.165) is 25.8 Å². The van der Waals surface area contributed by atoms with Gasteiger partial charge in [-0.1, -0.05) is 19.9 Å². The molecule has 0 aromatic heterocycles. The Bertz CT molecular complexity index is 481. The molecule has 0 atom stereocenters. The number of carbonyl (C=O) groups excluding carboxylic acids is 1. The number of methoxy groups -OCH3 is 1. The van der Waals surface area contributed by atoms with Crippen LogP contribution in [0.4, 0.5) is 5.69 Å².